The molecule has 3 aromatic carbocycles. The number of amides is 1. The average Bonchev–Trinajstić information content (AvgIpc) is 2.80. The van der Waals surface area contributed by atoms with Gasteiger partial charge in [-0.3, -0.25) is 4.79 Å². The molecular weight excluding hydrogens is 448 g/mol. The fourth-order valence-electron chi connectivity index (χ4n) is 3.78. The summed E-state index contributed by atoms with van der Waals surface area (Å²) >= 11 is 0. The van der Waals surface area contributed by atoms with Gasteiger partial charge in [0.15, 0.2) is 6.61 Å². The van der Waals surface area contributed by atoms with Gasteiger partial charge in [-0.1, -0.05) is 42.5 Å². The molecule has 0 saturated heterocycles. The molecule has 0 radical (unpaired) electrons. The van der Waals surface area contributed by atoms with Crippen molar-refractivity contribution in [2.75, 3.05) is 6.61 Å². The van der Waals surface area contributed by atoms with E-state index in [4.69, 9.17) is 4.74 Å². The Labute approximate surface area is 202 Å². The van der Waals surface area contributed by atoms with Gasteiger partial charge in [0.25, 0.3) is 5.91 Å². The van der Waals surface area contributed by atoms with Crippen molar-refractivity contribution in [2.24, 2.45) is 0 Å². The molecule has 2 atom stereocenters. The fraction of sp³-hybridized carbons (Fsp3) is 0.296. The first-order valence-electron chi connectivity index (χ1n) is 11.2. The van der Waals surface area contributed by atoms with Crippen LogP contribution < -0.4 is 14.8 Å². The molecule has 1 amide bonds. The molecule has 0 aliphatic heterocycles. The van der Waals surface area contributed by atoms with Gasteiger partial charge in [-0.05, 0) is 86.7 Å². The molecule has 2 N–H and O–H groups in total. The molecule has 0 aromatic heterocycles. The second kappa shape index (κ2) is 10.8. The maximum Gasteiger partial charge on any atom is 0.258 e. The summed E-state index contributed by atoms with van der Waals surface area (Å²) < 4.78 is 33.7. The number of sulfonamides is 1. The summed E-state index contributed by atoms with van der Waals surface area (Å²) in [5, 5.41) is 2.96. The lowest BCUT2D eigenvalue weighted by Gasteiger charge is -2.18. The lowest BCUT2D eigenvalue weighted by molar-refractivity contribution is -0.123. The Hall–Kier alpha value is -3.16. The minimum atomic E-state index is -3.70. The summed E-state index contributed by atoms with van der Waals surface area (Å²) in [5.74, 6) is 0.167. The topological polar surface area (TPSA) is 84.5 Å². The van der Waals surface area contributed by atoms with Crippen molar-refractivity contribution < 1.29 is 17.9 Å². The molecule has 0 bridgehead atoms. The zero-order valence-corrected chi connectivity index (χ0v) is 21.1. The number of aryl methyl sites for hydroxylation is 3. The van der Waals surface area contributed by atoms with Gasteiger partial charge in [0.05, 0.1) is 10.9 Å². The van der Waals surface area contributed by atoms with E-state index in [-0.39, 0.29) is 29.5 Å². The van der Waals surface area contributed by atoms with Crippen LogP contribution >= 0.6 is 0 Å². The first kappa shape index (κ1) is 25.5. The summed E-state index contributed by atoms with van der Waals surface area (Å²) in [7, 11) is -3.70. The van der Waals surface area contributed by atoms with E-state index in [2.05, 4.69) is 36.0 Å². The van der Waals surface area contributed by atoms with Crippen LogP contribution in [0.1, 0.15) is 53.7 Å². The number of hydrogen-bond donors (Lipinski definition) is 2. The minimum absolute atomic E-state index is 0.130. The zero-order valence-electron chi connectivity index (χ0n) is 20.3. The Kier molecular flexibility index (Phi) is 8.12. The fourth-order valence-corrected chi connectivity index (χ4v) is 5.02. The molecule has 0 fully saturated rings. The van der Waals surface area contributed by atoms with Crippen LogP contribution in [-0.4, -0.2) is 20.9 Å². The van der Waals surface area contributed by atoms with Crippen molar-refractivity contribution >= 4 is 15.9 Å². The summed E-state index contributed by atoms with van der Waals surface area (Å²) in [6, 6.07) is 19.1. The predicted molar refractivity (Wildman–Crippen MR) is 134 cm³/mol. The Morgan fingerprint density at radius 3 is 2.12 bits per heavy atom. The van der Waals surface area contributed by atoms with E-state index in [1.165, 1.54) is 23.3 Å². The number of ether oxygens (including phenoxy) is 1. The standard InChI is InChI=1S/C27H32N2O4S/c1-18-15-20(3)26(16-19(18)2)22(5)28-27(30)17-33-24-11-13-25(14-12-24)34(31,32)29-21(4)23-9-7-6-8-10-23/h6-16,21-22,29H,17H2,1-5H3,(H,28,30)/t21-,22-/m0/s1. The third-order valence-electron chi connectivity index (χ3n) is 5.86. The maximum absolute atomic E-state index is 12.7. The molecule has 7 heteroatoms. The highest BCUT2D eigenvalue weighted by Crippen LogP contribution is 2.22. The normalized spacial score (nSPS) is 13.2. The smallest absolute Gasteiger partial charge is 0.258 e. The van der Waals surface area contributed by atoms with Crippen LogP contribution in [-0.2, 0) is 14.8 Å². The summed E-state index contributed by atoms with van der Waals surface area (Å²) in [4.78, 5) is 12.5. The third kappa shape index (κ3) is 6.46. The van der Waals surface area contributed by atoms with Crippen LogP contribution in [0.15, 0.2) is 71.6 Å². The van der Waals surface area contributed by atoms with Crippen LogP contribution in [0.5, 0.6) is 5.75 Å². The first-order valence-corrected chi connectivity index (χ1v) is 12.7. The Morgan fingerprint density at radius 2 is 1.47 bits per heavy atom. The van der Waals surface area contributed by atoms with Gasteiger partial charge in [-0.15, -0.1) is 0 Å². The van der Waals surface area contributed by atoms with E-state index in [1.54, 1.807) is 19.1 Å². The molecule has 180 valence electrons. The largest absolute Gasteiger partial charge is 0.484 e. The Bertz CT molecular complexity index is 1240. The zero-order chi connectivity index (χ0) is 24.9. The van der Waals surface area contributed by atoms with Crippen molar-refractivity contribution in [3.63, 3.8) is 0 Å². The van der Waals surface area contributed by atoms with Crippen LogP contribution in [0.3, 0.4) is 0 Å². The maximum atomic E-state index is 12.7. The van der Waals surface area contributed by atoms with Gasteiger partial charge in [-0.25, -0.2) is 13.1 Å². The lowest BCUT2D eigenvalue weighted by Crippen LogP contribution is -2.31. The first-order chi connectivity index (χ1) is 16.1. The Morgan fingerprint density at radius 1 is 0.853 bits per heavy atom. The van der Waals surface area contributed by atoms with E-state index in [0.717, 1.165) is 16.7 Å². The van der Waals surface area contributed by atoms with Crippen molar-refractivity contribution in [3.8, 4) is 5.75 Å². The number of nitrogens with one attached hydrogen (secondary N) is 2. The van der Waals surface area contributed by atoms with E-state index in [0.29, 0.717) is 5.75 Å². The molecule has 3 rings (SSSR count). The van der Waals surface area contributed by atoms with E-state index in [9.17, 15) is 13.2 Å². The molecule has 0 unspecified atom stereocenters. The van der Waals surface area contributed by atoms with Gasteiger partial charge in [-0.2, -0.15) is 0 Å². The highest BCUT2D eigenvalue weighted by molar-refractivity contribution is 7.89. The number of carbonyl (C=O) groups is 1. The molecule has 34 heavy (non-hydrogen) atoms. The van der Waals surface area contributed by atoms with Gasteiger partial charge in [0.1, 0.15) is 5.75 Å². The molecule has 6 nitrogen and oxygen atoms in total. The summed E-state index contributed by atoms with van der Waals surface area (Å²) in [6.45, 7) is 9.73. The number of hydrogen-bond acceptors (Lipinski definition) is 4. The van der Waals surface area contributed by atoms with Crippen molar-refractivity contribution in [1.82, 2.24) is 10.0 Å². The summed E-state index contributed by atoms with van der Waals surface area (Å²) in [6.07, 6.45) is 0. The Balaban J connectivity index is 1.56. The van der Waals surface area contributed by atoms with Crippen molar-refractivity contribution in [2.45, 2.75) is 51.6 Å². The highest BCUT2D eigenvalue weighted by Gasteiger charge is 2.19. The van der Waals surface area contributed by atoms with Crippen LogP contribution in [0.25, 0.3) is 0 Å². The molecule has 3 aromatic rings. The SMILES string of the molecule is Cc1cc(C)c([C@H](C)NC(=O)COc2ccc(S(=O)(=O)N[C@@H](C)c3ccccc3)cc2)cc1C. The van der Waals surface area contributed by atoms with E-state index < -0.39 is 10.0 Å². The van der Waals surface area contributed by atoms with Crippen molar-refractivity contribution in [1.29, 1.82) is 0 Å². The molecule has 0 saturated carbocycles. The van der Waals surface area contributed by atoms with Crippen LogP contribution in [0.4, 0.5) is 0 Å². The highest BCUT2D eigenvalue weighted by atomic mass is 32.2. The number of carbonyl (C=O) groups excluding carboxylic acids is 1. The second-order valence-corrected chi connectivity index (χ2v) is 10.3. The molecular formula is C27H32N2O4S. The molecule has 0 aliphatic rings. The monoisotopic (exact) mass is 480 g/mol. The van der Waals surface area contributed by atoms with Gasteiger partial charge < -0.3 is 10.1 Å². The van der Waals surface area contributed by atoms with Crippen LogP contribution in [0, 0.1) is 20.8 Å². The molecule has 0 spiro atoms. The quantitative estimate of drug-likeness (QED) is 0.456. The molecule has 0 heterocycles. The van der Waals surface area contributed by atoms with Gasteiger partial charge >= 0.3 is 0 Å². The second-order valence-electron chi connectivity index (χ2n) is 8.60. The van der Waals surface area contributed by atoms with E-state index >= 15 is 0 Å². The third-order valence-corrected chi connectivity index (χ3v) is 7.42. The predicted octanol–water partition coefficient (Wildman–Crippen LogP) is 4.91. The lowest BCUT2D eigenvalue weighted by atomic mass is 9.96. The number of benzene rings is 3. The van der Waals surface area contributed by atoms with Crippen molar-refractivity contribution in [3.05, 3.63) is 94.5 Å². The van der Waals surface area contributed by atoms with E-state index in [1.807, 2.05) is 44.2 Å². The van der Waals surface area contributed by atoms with Crippen LogP contribution in [0.2, 0.25) is 0 Å². The number of rotatable bonds is 9. The summed E-state index contributed by atoms with van der Waals surface area (Å²) in [5.41, 5.74) is 5.48. The average molecular weight is 481 g/mol. The molecule has 0 aliphatic carbocycles. The van der Waals surface area contributed by atoms with Gasteiger partial charge in [0.2, 0.25) is 10.0 Å². The minimum Gasteiger partial charge on any atom is -0.484 e. The van der Waals surface area contributed by atoms with Gasteiger partial charge in [0, 0.05) is 6.04 Å².